The van der Waals surface area contributed by atoms with Crippen LogP contribution < -0.4 is 11.1 Å². The van der Waals surface area contributed by atoms with Crippen LogP contribution in [0.4, 0.5) is 5.69 Å². The largest absolute Gasteiger partial charge is 0.359 e. The maximum Gasteiger partial charge on any atom is 0.241 e. The van der Waals surface area contributed by atoms with Gasteiger partial charge in [-0.05, 0) is 20.3 Å². The summed E-state index contributed by atoms with van der Waals surface area (Å²) in [5, 5.41) is 6.41. The molecule has 0 unspecified atom stereocenters. The summed E-state index contributed by atoms with van der Waals surface area (Å²) in [6.07, 6.45) is 0.606. The Morgan fingerprint density at radius 2 is 2.29 bits per heavy atom. The van der Waals surface area contributed by atoms with E-state index >= 15 is 0 Å². The topological polar surface area (TPSA) is 81.2 Å². The number of carbonyl (C=O) groups is 1. The Labute approximate surface area is 82.6 Å². The molecular weight excluding hydrogens is 182 g/mol. The fourth-order valence-electron chi connectivity index (χ4n) is 1.06. The maximum absolute atomic E-state index is 11.4. The molecule has 0 aromatic carbocycles. The van der Waals surface area contributed by atoms with Gasteiger partial charge in [-0.1, -0.05) is 12.1 Å². The Morgan fingerprint density at radius 3 is 2.71 bits per heavy atom. The second kappa shape index (κ2) is 4.23. The summed E-state index contributed by atoms with van der Waals surface area (Å²) in [4.78, 5) is 11.4. The van der Waals surface area contributed by atoms with E-state index in [9.17, 15) is 4.79 Å². The number of carbonyl (C=O) groups excluding carboxylic acids is 1. The molecule has 0 radical (unpaired) electrons. The van der Waals surface area contributed by atoms with E-state index in [0.29, 0.717) is 23.6 Å². The number of nitrogens with one attached hydrogen (secondary N) is 1. The van der Waals surface area contributed by atoms with Crippen LogP contribution in [0.1, 0.15) is 24.8 Å². The molecule has 0 fully saturated rings. The number of hydrogen-bond donors (Lipinski definition) is 2. The predicted octanol–water partition coefficient (Wildman–Crippen LogP) is 0.967. The molecule has 0 bridgehead atoms. The first-order valence-corrected chi connectivity index (χ1v) is 4.55. The van der Waals surface area contributed by atoms with Gasteiger partial charge in [0, 0.05) is 0 Å². The average Bonchev–Trinajstić information content (AvgIpc) is 2.48. The van der Waals surface area contributed by atoms with Gasteiger partial charge >= 0.3 is 0 Å². The standard InChI is InChI=1S/C9H15N3O2/c1-4-7(10)9(13)11-8-5(2)12-14-6(8)3/h7H,4,10H2,1-3H3,(H,11,13)/t7-/m0/s1. The van der Waals surface area contributed by atoms with Crippen LogP contribution in [-0.2, 0) is 4.79 Å². The molecule has 5 heteroatoms. The summed E-state index contributed by atoms with van der Waals surface area (Å²) < 4.78 is 4.90. The molecule has 0 saturated carbocycles. The molecule has 78 valence electrons. The summed E-state index contributed by atoms with van der Waals surface area (Å²) in [7, 11) is 0. The molecule has 0 aliphatic heterocycles. The summed E-state index contributed by atoms with van der Waals surface area (Å²) >= 11 is 0. The van der Waals surface area contributed by atoms with Crippen molar-refractivity contribution < 1.29 is 9.32 Å². The van der Waals surface area contributed by atoms with Crippen molar-refractivity contribution in [3.05, 3.63) is 11.5 Å². The molecule has 1 heterocycles. The van der Waals surface area contributed by atoms with E-state index in [1.807, 2.05) is 6.92 Å². The van der Waals surface area contributed by atoms with Crippen molar-refractivity contribution in [2.75, 3.05) is 5.32 Å². The van der Waals surface area contributed by atoms with Crippen molar-refractivity contribution in [3.8, 4) is 0 Å². The van der Waals surface area contributed by atoms with Gasteiger partial charge in [0.05, 0.1) is 6.04 Å². The fourth-order valence-corrected chi connectivity index (χ4v) is 1.06. The van der Waals surface area contributed by atoms with E-state index in [0.717, 1.165) is 0 Å². The van der Waals surface area contributed by atoms with Gasteiger partial charge in [0.1, 0.15) is 11.4 Å². The molecular formula is C9H15N3O2. The van der Waals surface area contributed by atoms with Crippen LogP contribution in [0.15, 0.2) is 4.52 Å². The number of nitrogens with two attached hydrogens (primary N) is 1. The number of anilines is 1. The third kappa shape index (κ3) is 2.11. The Balaban J connectivity index is 2.74. The van der Waals surface area contributed by atoms with Gasteiger partial charge in [0.25, 0.3) is 0 Å². The van der Waals surface area contributed by atoms with Crippen LogP contribution in [0, 0.1) is 13.8 Å². The number of amides is 1. The molecule has 3 N–H and O–H groups in total. The number of aromatic nitrogens is 1. The highest BCUT2D eigenvalue weighted by Gasteiger charge is 2.16. The van der Waals surface area contributed by atoms with E-state index < -0.39 is 6.04 Å². The zero-order valence-corrected chi connectivity index (χ0v) is 8.63. The lowest BCUT2D eigenvalue weighted by Crippen LogP contribution is -2.35. The zero-order valence-electron chi connectivity index (χ0n) is 8.63. The first-order valence-electron chi connectivity index (χ1n) is 4.55. The van der Waals surface area contributed by atoms with Gasteiger partial charge in [-0.3, -0.25) is 4.79 Å². The van der Waals surface area contributed by atoms with E-state index in [2.05, 4.69) is 10.5 Å². The third-order valence-electron chi connectivity index (χ3n) is 2.06. The van der Waals surface area contributed by atoms with E-state index in [1.54, 1.807) is 13.8 Å². The normalized spacial score (nSPS) is 12.6. The van der Waals surface area contributed by atoms with Crippen LogP contribution in [0.5, 0.6) is 0 Å². The highest BCUT2D eigenvalue weighted by Crippen LogP contribution is 2.18. The van der Waals surface area contributed by atoms with Crippen molar-refractivity contribution in [3.63, 3.8) is 0 Å². The van der Waals surface area contributed by atoms with Crippen LogP contribution in [0.25, 0.3) is 0 Å². The molecule has 1 aromatic rings. The summed E-state index contributed by atoms with van der Waals surface area (Å²) in [5.74, 6) is 0.390. The average molecular weight is 197 g/mol. The van der Waals surface area contributed by atoms with Crippen molar-refractivity contribution in [2.24, 2.45) is 5.73 Å². The van der Waals surface area contributed by atoms with Gasteiger partial charge < -0.3 is 15.6 Å². The summed E-state index contributed by atoms with van der Waals surface area (Å²) in [6, 6.07) is -0.483. The molecule has 0 aliphatic carbocycles. The van der Waals surface area contributed by atoms with E-state index in [4.69, 9.17) is 10.3 Å². The molecule has 0 aliphatic rings. The Hall–Kier alpha value is -1.36. The number of nitrogens with zero attached hydrogens (tertiary/aromatic N) is 1. The Kier molecular flexibility index (Phi) is 3.24. The summed E-state index contributed by atoms with van der Waals surface area (Å²) in [5.41, 5.74) is 6.86. The first-order chi connectivity index (χ1) is 6.56. The number of aryl methyl sites for hydroxylation is 2. The van der Waals surface area contributed by atoms with Crippen LogP contribution in [-0.4, -0.2) is 17.1 Å². The second-order valence-corrected chi connectivity index (χ2v) is 3.20. The number of hydrogen-bond acceptors (Lipinski definition) is 4. The predicted molar refractivity (Wildman–Crippen MR) is 52.9 cm³/mol. The van der Waals surface area contributed by atoms with Gasteiger partial charge in [-0.25, -0.2) is 0 Å². The van der Waals surface area contributed by atoms with Crippen molar-refractivity contribution >= 4 is 11.6 Å². The lowest BCUT2D eigenvalue weighted by molar-refractivity contribution is -0.117. The van der Waals surface area contributed by atoms with Gasteiger partial charge in [-0.2, -0.15) is 0 Å². The van der Waals surface area contributed by atoms with Gasteiger partial charge in [0.2, 0.25) is 5.91 Å². The van der Waals surface area contributed by atoms with Crippen molar-refractivity contribution in [2.45, 2.75) is 33.2 Å². The molecule has 0 spiro atoms. The zero-order chi connectivity index (χ0) is 10.7. The fraction of sp³-hybridized carbons (Fsp3) is 0.556. The smallest absolute Gasteiger partial charge is 0.241 e. The van der Waals surface area contributed by atoms with Crippen molar-refractivity contribution in [1.29, 1.82) is 0 Å². The highest BCUT2D eigenvalue weighted by molar-refractivity contribution is 5.95. The molecule has 1 amide bonds. The monoisotopic (exact) mass is 197 g/mol. The minimum Gasteiger partial charge on any atom is -0.359 e. The molecule has 1 aromatic heterocycles. The lowest BCUT2D eigenvalue weighted by atomic mass is 10.2. The number of rotatable bonds is 3. The molecule has 14 heavy (non-hydrogen) atoms. The lowest BCUT2D eigenvalue weighted by Gasteiger charge is -2.08. The van der Waals surface area contributed by atoms with E-state index in [1.165, 1.54) is 0 Å². The van der Waals surface area contributed by atoms with Crippen LogP contribution in [0.3, 0.4) is 0 Å². The summed E-state index contributed by atoms with van der Waals surface area (Å²) in [6.45, 7) is 5.37. The molecule has 5 nitrogen and oxygen atoms in total. The van der Waals surface area contributed by atoms with Crippen LogP contribution in [0.2, 0.25) is 0 Å². The Morgan fingerprint density at radius 1 is 1.64 bits per heavy atom. The first kappa shape index (κ1) is 10.7. The van der Waals surface area contributed by atoms with Gasteiger partial charge in [0.15, 0.2) is 5.76 Å². The van der Waals surface area contributed by atoms with E-state index in [-0.39, 0.29) is 5.91 Å². The molecule has 1 atom stereocenters. The highest BCUT2D eigenvalue weighted by atomic mass is 16.5. The second-order valence-electron chi connectivity index (χ2n) is 3.20. The minimum absolute atomic E-state index is 0.207. The van der Waals surface area contributed by atoms with Gasteiger partial charge in [-0.15, -0.1) is 0 Å². The Bertz CT molecular complexity index is 313. The van der Waals surface area contributed by atoms with Crippen LogP contribution >= 0.6 is 0 Å². The van der Waals surface area contributed by atoms with Crippen molar-refractivity contribution in [1.82, 2.24) is 5.16 Å². The quantitative estimate of drug-likeness (QED) is 0.756. The molecule has 1 rings (SSSR count). The SMILES string of the molecule is CC[C@H](N)C(=O)Nc1c(C)noc1C. The maximum atomic E-state index is 11.4. The molecule has 0 saturated heterocycles. The third-order valence-corrected chi connectivity index (χ3v) is 2.06. The minimum atomic E-state index is -0.483.